The monoisotopic (exact) mass is 397 g/mol. The third kappa shape index (κ3) is 4.96. The number of nitrogens with zero attached hydrogens (tertiary/aromatic N) is 2. The van der Waals surface area contributed by atoms with Crippen LogP contribution in [0.4, 0.5) is 13.6 Å². The zero-order chi connectivity index (χ0) is 20.3. The number of morpholine rings is 1. The largest absolute Gasteiger partial charge is 0.480 e. The summed E-state index contributed by atoms with van der Waals surface area (Å²) in [6, 6.07) is 1.43. The number of likely N-dealkylation sites (N-methyl/N-ethyl adjacent to an activating group) is 1. The third-order valence-corrected chi connectivity index (χ3v) is 5.13. The molecule has 28 heavy (non-hydrogen) atoms. The molecule has 1 aliphatic heterocycles. The van der Waals surface area contributed by atoms with Gasteiger partial charge in [-0.15, -0.1) is 0 Å². The number of rotatable bonds is 5. The summed E-state index contributed by atoms with van der Waals surface area (Å²) in [5.41, 5.74) is 0.969. The number of benzene rings is 1. The molecular weight excluding hydrogens is 372 g/mol. The Morgan fingerprint density at radius 2 is 2.18 bits per heavy atom. The maximum Gasteiger partial charge on any atom is 0.318 e. The second-order valence-corrected chi connectivity index (χ2v) is 7.38. The van der Waals surface area contributed by atoms with Crippen molar-refractivity contribution in [3.63, 3.8) is 0 Å². The van der Waals surface area contributed by atoms with Crippen molar-refractivity contribution >= 4 is 12.0 Å². The average Bonchev–Trinajstić information content (AvgIpc) is 2.61. The zero-order valence-electron chi connectivity index (χ0n) is 15.8. The van der Waals surface area contributed by atoms with Crippen molar-refractivity contribution in [1.29, 1.82) is 0 Å². The number of aliphatic carboxylic acids is 1. The summed E-state index contributed by atoms with van der Waals surface area (Å²) in [7, 11) is 1.68. The van der Waals surface area contributed by atoms with Gasteiger partial charge in [0.25, 0.3) is 0 Å². The molecule has 9 heteroatoms. The minimum Gasteiger partial charge on any atom is -0.480 e. The van der Waals surface area contributed by atoms with Crippen LogP contribution in [0, 0.1) is 11.6 Å². The van der Waals surface area contributed by atoms with Crippen molar-refractivity contribution < 1.29 is 28.2 Å². The number of hydrogen-bond acceptors (Lipinski definition) is 4. The summed E-state index contributed by atoms with van der Waals surface area (Å²) in [6.45, 7) is 1.36. The van der Waals surface area contributed by atoms with E-state index in [1.54, 1.807) is 16.8 Å². The Labute approximate surface area is 162 Å². The molecule has 2 amide bonds. The van der Waals surface area contributed by atoms with Gasteiger partial charge in [0.05, 0.1) is 25.3 Å². The maximum atomic E-state index is 14.0. The predicted molar refractivity (Wildman–Crippen MR) is 97.0 cm³/mol. The minimum atomic E-state index is -0.927. The van der Waals surface area contributed by atoms with E-state index in [1.165, 1.54) is 6.07 Å². The average molecular weight is 397 g/mol. The molecule has 1 aromatic rings. The highest BCUT2D eigenvalue weighted by Gasteiger charge is 2.29. The molecule has 0 spiro atoms. The Balaban J connectivity index is 1.62. The lowest BCUT2D eigenvalue weighted by Gasteiger charge is -2.36. The van der Waals surface area contributed by atoms with Crippen molar-refractivity contribution in [2.75, 3.05) is 39.8 Å². The summed E-state index contributed by atoms with van der Waals surface area (Å²) >= 11 is 0. The van der Waals surface area contributed by atoms with Gasteiger partial charge in [0.2, 0.25) is 0 Å². The van der Waals surface area contributed by atoms with E-state index in [2.05, 4.69) is 5.32 Å². The lowest BCUT2D eigenvalue weighted by atomic mass is 9.87. The summed E-state index contributed by atoms with van der Waals surface area (Å²) in [5.74, 6) is -2.14. The van der Waals surface area contributed by atoms with Gasteiger partial charge in [-0.1, -0.05) is 0 Å². The number of fused-ring (bicyclic) bond motifs is 1. The van der Waals surface area contributed by atoms with Crippen LogP contribution < -0.4 is 5.32 Å². The zero-order valence-corrected chi connectivity index (χ0v) is 15.8. The number of nitrogens with one attached hydrogen (secondary N) is 1. The molecule has 3 rings (SSSR count). The summed E-state index contributed by atoms with van der Waals surface area (Å²) < 4.78 is 33.3. The first-order valence-electron chi connectivity index (χ1n) is 9.38. The van der Waals surface area contributed by atoms with Gasteiger partial charge < -0.3 is 20.1 Å². The molecular formula is C19H25F2N3O4. The topological polar surface area (TPSA) is 82.1 Å². The molecule has 7 nitrogen and oxygen atoms in total. The molecule has 1 aromatic carbocycles. The van der Waals surface area contributed by atoms with Crippen molar-refractivity contribution in [3.05, 3.63) is 34.9 Å². The molecule has 1 fully saturated rings. The van der Waals surface area contributed by atoms with Gasteiger partial charge in [-0.25, -0.2) is 13.6 Å². The van der Waals surface area contributed by atoms with Crippen LogP contribution in [0.15, 0.2) is 12.1 Å². The predicted octanol–water partition coefficient (Wildman–Crippen LogP) is 1.77. The SMILES string of the molecule is CN(CC(=O)O)CC1CN(C(=O)N[C@@H]2CCCc3c(F)cc(F)cc32)CCO1. The smallest absolute Gasteiger partial charge is 0.318 e. The Kier molecular flexibility index (Phi) is 6.46. The molecule has 0 aromatic heterocycles. The number of carbonyl (C=O) groups is 2. The number of urea groups is 1. The van der Waals surface area contributed by atoms with E-state index in [0.717, 1.165) is 6.07 Å². The van der Waals surface area contributed by atoms with Crippen LogP contribution in [0.2, 0.25) is 0 Å². The number of ether oxygens (including phenoxy) is 1. The quantitative estimate of drug-likeness (QED) is 0.792. The number of carboxylic acid groups (broad SMARTS) is 1. The molecule has 2 aliphatic rings. The van der Waals surface area contributed by atoms with Gasteiger partial charge in [0.1, 0.15) is 11.6 Å². The fourth-order valence-corrected chi connectivity index (χ4v) is 3.88. The van der Waals surface area contributed by atoms with E-state index in [-0.39, 0.29) is 18.7 Å². The van der Waals surface area contributed by atoms with Crippen molar-refractivity contribution in [3.8, 4) is 0 Å². The van der Waals surface area contributed by atoms with Crippen LogP contribution in [0.1, 0.15) is 30.0 Å². The lowest BCUT2D eigenvalue weighted by Crippen LogP contribution is -2.53. The molecule has 1 saturated heterocycles. The summed E-state index contributed by atoms with van der Waals surface area (Å²) in [4.78, 5) is 26.7. The first-order valence-corrected chi connectivity index (χ1v) is 9.38. The van der Waals surface area contributed by atoms with Gasteiger partial charge in [0.15, 0.2) is 0 Å². The standard InChI is InChI=1S/C19H25F2N3O4/c1-23(11-18(25)26)9-13-10-24(5-6-28-13)19(27)22-17-4-2-3-14-15(17)7-12(20)8-16(14)21/h7-8,13,17H,2-6,9-11H2,1H3,(H,22,27)(H,25,26)/t13?,17-/m1/s1. The first-order chi connectivity index (χ1) is 13.3. The van der Waals surface area contributed by atoms with Crippen LogP contribution in [0.3, 0.4) is 0 Å². The molecule has 2 atom stereocenters. The van der Waals surface area contributed by atoms with E-state index in [9.17, 15) is 18.4 Å². The second kappa shape index (κ2) is 8.83. The number of hydrogen-bond donors (Lipinski definition) is 2. The van der Waals surface area contributed by atoms with E-state index < -0.39 is 23.6 Å². The van der Waals surface area contributed by atoms with Crippen molar-refractivity contribution in [2.24, 2.45) is 0 Å². The molecule has 0 saturated carbocycles. The highest BCUT2D eigenvalue weighted by atomic mass is 19.1. The number of halogens is 2. The molecule has 2 N–H and O–H groups in total. The van der Waals surface area contributed by atoms with Crippen LogP contribution in [-0.2, 0) is 16.0 Å². The molecule has 0 bridgehead atoms. The third-order valence-electron chi connectivity index (χ3n) is 5.13. The van der Waals surface area contributed by atoms with Gasteiger partial charge in [-0.3, -0.25) is 9.69 Å². The van der Waals surface area contributed by atoms with Crippen LogP contribution in [0.25, 0.3) is 0 Å². The van der Waals surface area contributed by atoms with Crippen LogP contribution >= 0.6 is 0 Å². The van der Waals surface area contributed by atoms with Crippen molar-refractivity contribution in [2.45, 2.75) is 31.4 Å². The highest BCUT2D eigenvalue weighted by molar-refractivity contribution is 5.75. The Morgan fingerprint density at radius 1 is 1.39 bits per heavy atom. The minimum absolute atomic E-state index is 0.109. The number of amides is 2. The molecule has 1 heterocycles. The van der Waals surface area contributed by atoms with E-state index in [1.807, 2.05) is 0 Å². The normalized spacial score (nSPS) is 22.1. The van der Waals surface area contributed by atoms with Crippen molar-refractivity contribution in [1.82, 2.24) is 15.1 Å². The van der Waals surface area contributed by atoms with E-state index >= 15 is 0 Å². The fraction of sp³-hybridized carbons (Fsp3) is 0.579. The molecule has 154 valence electrons. The maximum absolute atomic E-state index is 14.0. The first kappa shape index (κ1) is 20.5. The second-order valence-electron chi connectivity index (χ2n) is 7.38. The van der Waals surface area contributed by atoms with Gasteiger partial charge in [0, 0.05) is 25.7 Å². The van der Waals surface area contributed by atoms with Crippen LogP contribution in [0.5, 0.6) is 0 Å². The Hall–Kier alpha value is -2.26. The molecule has 0 radical (unpaired) electrons. The number of carbonyl (C=O) groups excluding carboxylic acids is 1. The fourth-order valence-electron chi connectivity index (χ4n) is 3.88. The van der Waals surface area contributed by atoms with Gasteiger partial charge in [-0.2, -0.15) is 0 Å². The van der Waals surface area contributed by atoms with E-state index in [0.29, 0.717) is 56.6 Å². The van der Waals surface area contributed by atoms with E-state index in [4.69, 9.17) is 9.84 Å². The summed E-state index contributed by atoms with van der Waals surface area (Å²) in [5, 5.41) is 11.7. The number of carboxylic acids is 1. The molecule has 1 aliphatic carbocycles. The van der Waals surface area contributed by atoms with Gasteiger partial charge in [-0.05, 0) is 43.5 Å². The van der Waals surface area contributed by atoms with Gasteiger partial charge >= 0.3 is 12.0 Å². The molecule has 1 unspecified atom stereocenters. The Bertz CT molecular complexity index is 746. The van der Waals surface area contributed by atoms with Crippen LogP contribution in [-0.4, -0.2) is 72.8 Å². The Morgan fingerprint density at radius 3 is 2.93 bits per heavy atom. The lowest BCUT2D eigenvalue weighted by molar-refractivity contribution is -0.138. The highest BCUT2D eigenvalue weighted by Crippen LogP contribution is 2.32. The summed E-state index contributed by atoms with van der Waals surface area (Å²) in [6.07, 6.45) is 1.57.